The van der Waals surface area contributed by atoms with Crippen molar-refractivity contribution in [3.05, 3.63) is 199 Å². The molecule has 11 rings (SSSR count). The molecule has 0 atom stereocenters. The molecule has 1 aliphatic heterocycles. The van der Waals surface area contributed by atoms with Gasteiger partial charge in [0, 0.05) is 21.5 Å². The molecule has 0 saturated carbocycles. The smallest absolute Gasteiger partial charge is 0.268 e. The Kier molecular flexibility index (Phi) is 6.79. The fourth-order valence-corrected chi connectivity index (χ4v) is 8.64. The summed E-state index contributed by atoms with van der Waals surface area (Å²) in [6.45, 7) is 0. The number of rotatable bonds is 5. The molecular weight excluding hydrogens is 675 g/mol. The topological polar surface area (TPSA) is 47.2 Å². The molecule has 0 saturated heterocycles. The summed E-state index contributed by atoms with van der Waals surface area (Å²) in [4.78, 5) is 31.0. The van der Waals surface area contributed by atoms with Gasteiger partial charge >= 0.3 is 0 Å². The second-order valence-corrected chi connectivity index (χ2v) is 14.0. The van der Waals surface area contributed by atoms with E-state index in [1.54, 1.807) is 6.07 Å². The summed E-state index contributed by atoms with van der Waals surface area (Å²) < 4.78 is 4.51. The van der Waals surface area contributed by atoms with Crippen molar-refractivity contribution in [1.82, 2.24) is 9.13 Å². The van der Waals surface area contributed by atoms with Crippen molar-refractivity contribution in [2.24, 2.45) is 0 Å². The van der Waals surface area contributed by atoms with Gasteiger partial charge in [0.05, 0.1) is 50.3 Å². The van der Waals surface area contributed by atoms with Crippen LogP contribution in [0.3, 0.4) is 0 Å². The Hall–Kier alpha value is -7.50. The van der Waals surface area contributed by atoms with Crippen LogP contribution < -0.4 is 4.90 Å². The monoisotopic (exact) mass is 705 g/mol. The van der Waals surface area contributed by atoms with E-state index < -0.39 is 0 Å². The molecule has 55 heavy (non-hydrogen) atoms. The molecule has 2 aromatic heterocycles. The van der Waals surface area contributed by atoms with Crippen LogP contribution in [-0.2, 0) is 0 Å². The molecule has 0 bridgehead atoms. The molecule has 1 aliphatic rings. The van der Waals surface area contributed by atoms with E-state index in [2.05, 4.69) is 100 Å². The molecule has 0 fully saturated rings. The number of hydrogen-bond acceptors (Lipinski definition) is 2. The summed E-state index contributed by atoms with van der Waals surface area (Å²) in [6.07, 6.45) is 0. The Morgan fingerprint density at radius 3 is 1.42 bits per heavy atom. The molecule has 258 valence electrons. The zero-order valence-corrected chi connectivity index (χ0v) is 29.6. The maximum absolute atomic E-state index is 15.0. The Balaban J connectivity index is 1.16. The van der Waals surface area contributed by atoms with Gasteiger partial charge < -0.3 is 9.13 Å². The number of hydrogen-bond donors (Lipinski definition) is 0. The van der Waals surface area contributed by atoms with Gasteiger partial charge in [0.1, 0.15) is 0 Å². The Labute approximate surface area is 316 Å². The molecule has 5 nitrogen and oxygen atoms in total. The molecule has 10 aromatic rings. The normalized spacial score (nSPS) is 12.8. The Bertz CT molecular complexity index is 3080. The zero-order chi connectivity index (χ0) is 36.6. The van der Waals surface area contributed by atoms with Gasteiger partial charge in [0.15, 0.2) is 0 Å². The molecule has 0 radical (unpaired) electrons. The summed E-state index contributed by atoms with van der Waals surface area (Å²) in [7, 11) is 0. The summed E-state index contributed by atoms with van der Waals surface area (Å²) in [6, 6.07) is 63.5. The predicted octanol–water partition coefficient (Wildman–Crippen LogP) is 12.0. The molecule has 0 unspecified atom stereocenters. The average molecular weight is 706 g/mol. The van der Waals surface area contributed by atoms with Crippen molar-refractivity contribution >= 4 is 61.1 Å². The largest absolute Gasteiger partial charge is 0.307 e. The van der Waals surface area contributed by atoms with Gasteiger partial charge in [-0.3, -0.25) is 9.59 Å². The lowest BCUT2D eigenvalue weighted by Crippen LogP contribution is -2.29. The van der Waals surface area contributed by atoms with Crippen LogP contribution in [-0.4, -0.2) is 20.9 Å². The third-order valence-electron chi connectivity index (χ3n) is 11.0. The van der Waals surface area contributed by atoms with Crippen LogP contribution >= 0.6 is 0 Å². The van der Waals surface area contributed by atoms with Crippen molar-refractivity contribution in [2.75, 3.05) is 4.90 Å². The molecule has 8 aromatic carbocycles. The van der Waals surface area contributed by atoms with Crippen LogP contribution in [0.2, 0.25) is 0 Å². The van der Waals surface area contributed by atoms with Crippen molar-refractivity contribution in [2.45, 2.75) is 0 Å². The van der Waals surface area contributed by atoms with Gasteiger partial charge in [-0.1, -0.05) is 133 Å². The van der Waals surface area contributed by atoms with Crippen LogP contribution in [0.4, 0.5) is 5.69 Å². The van der Waals surface area contributed by atoms with Gasteiger partial charge in [-0.15, -0.1) is 0 Å². The number of aromatic nitrogens is 2. The minimum atomic E-state index is -0.347. The van der Waals surface area contributed by atoms with E-state index in [0.29, 0.717) is 22.5 Å². The number of fused-ring (bicyclic) bond motifs is 7. The van der Waals surface area contributed by atoms with Gasteiger partial charge in [-0.2, -0.15) is 0 Å². The van der Waals surface area contributed by atoms with Crippen molar-refractivity contribution in [3.8, 4) is 33.6 Å². The van der Waals surface area contributed by atoms with E-state index in [9.17, 15) is 4.79 Å². The SMILES string of the molecule is O=C1c2cccc(-n3c4ccccc4c4cccc(-n5c6ccccc6c6ccccc65)c43)c2C(=O)N1c1cc(-c2ccccc2)cc(-c2ccccc2)c1. The number of para-hydroxylation sites is 4. The second-order valence-electron chi connectivity index (χ2n) is 14.0. The standard InChI is InChI=1S/C50H31N3O2/c54-49-41-23-14-27-45(47(41)50(55)51(49)36-30-34(32-15-3-1-4-16-32)29-35(31-36)33-17-5-2-6-18-33)53-44-26-12-9-21-39(44)40-22-13-28-46(48(40)53)52-42-24-10-7-19-37(42)38-20-8-11-25-43(38)52/h1-31H. The average Bonchev–Trinajstić information content (AvgIpc) is 3.86. The van der Waals surface area contributed by atoms with E-state index in [1.165, 1.54) is 15.7 Å². The Morgan fingerprint density at radius 1 is 0.345 bits per heavy atom. The number of benzene rings is 8. The maximum Gasteiger partial charge on any atom is 0.268 e. The highest BCUT2D eigenvalue weighted by atomic mass is 16.2. The Morgan fingerprint density at radius 2 is 0.818 bits per heavy atom. The first-order valence-corrected chi connectivity index (χ1v) is 18.4. The van der Waals surface area contributed by atoms with Gasteiger partial charge in [0.2, 0.25) is 0 Å². The fraction of sp³-hybridized carbons (Fsp3) is 0. The first-order chi connectivity index (χ1) is 27.2. The van der Waals surface area contributed by atoms with Crippen molar-refractivity contribution < 1.29 is 9.59 Å². The summed E-state index contributed by atoms with van der Waals surface area (Å²) in [5.41, 5.74) is 10.9. The van der Waals surface area contributed by atoms with Gasteiger partial charge in [-0.05, 0) is 76.9 Å². The highest BCUT2D eigenvalue weighted by Gasteiger charge is 2.40. The summed E-state index contributed by atoms with van der Waals surface area (Å²) >= 11 is 0. The van der Waals surface area contributed by atoms with E-state index >= 15 is 4.79 Å². The first-order valence-electron chi connectivity index (χ1n) is 18.4. The van der Waals surface area contributed by atoms with Gasteiger partial charge in [0.25, 0.3) is 11.8 Å². The third-order valence-corrected chi connectivity index (χ3v) is 11.0. The molecule has 3 heterocycles. The molecule has 5 heteroatoms. The lowest BCUT2D eigenvalue weighted by Gasteiger charge is -2.18. The number of imide groups is 1. The molecule has 2 amide bonds. The predicted molar refractivity (Wildman–Crippen MR) is 224 cm³/mol. The maximum atomic E-state index is 15.0. The van der Waals surface area contributed by atoms with Crippen LogP contribution in [0.25, 0.3) is 77.2 Å². The lowest BCUT2D eigenvalue weighted by atomic mass is 9.97. The van der Waals surface area contributed by atoms with Crippen LogP contribution in [0, 0.1) is 0 Å². The van der Waals surface area contributed by atoms with Gasteiger partial charge in [-0.25, -0.2) is 4.90 Å². The van der Waals surface area contributed by atoms with E-state index in [4.69, 9.17) is 0 Å². The van der Waals surface area contributed by atoms with Crippen LogP contribution in [0.15, 0.2) is 188 Å². The summed E-state index contributed by atoms with van der Waals surface area (Å²) in [5.74, 6) is -0.686. The molecular formula is C50H31N3O2. The van der Waals surface area contributed by atoms with Crippen LogP contribution in [0.1, 0.15) is 20.7 Å². The highest BCUT2D eigenvalue weighted by Crippen LogP contribution is 2.43. The highest BCUT2D eigenvalue weighted by molar-refractivity contribution is 6.36. The zero-order valence-electron chi connectivity index (χ0n) is 29.6. The number of carbonyl (C=O) groups is 2. The van der Waals surface area contributed by atoms with E-state index in [-0.39, 0.29) is 11.8 Å². The lowest BCUT2D eigenvalue weighted by molar-refractivity contribution is 0.0926. The fourth-order valence-electron chi connectivity index (χ4n) is 8.64. The number of anilines is 1. The number of carbonyl (C=O) groups excluding carboxylic acids is 2. The molecule has 0 spiro atoms. The molecule has 0 aliphatic carbocycles. The van der Waals surface area contributed by atoms with Crippen molar-refractivity contribution in [1.29, 1.82) is 0 Å². The number of amides is 2. The third kappa shape index (κ3) is 4.60. The van der Waals surface area contributed by atoms with E-state index in [0.717, 1.165) is 60.8 Å². The second kappa shape index (κ2) is 12.0. The minimum Gasteiger partial charge on any atom is -0.307 e. The molecule has 0 N–H and O–H groups in total. The first kappa shape index (κ1) is 31.1. The number of nitrogens with zero attached hydrogens (tertiary/aromatic N) is 3. The van der Waals surface area contributed by atoms with E-state index in [1.807, 2.05) is 91.0 Å². The summed E-state index contributed by atoms with van der Waals surface area (Å²) in [5, 5.41) is 4.46. The quantitative estimate of drug-likeness (QED) is 0.167. The van der Waals surface area contributed by atoms with Crippen molar-refractivity contribution in [3.63, 3.8) is 0 Å². The minimum absolute atomic E-state index is 0.338. The van der Waals surface area contributed by atoms with Crippen LogP contribution in [0.5, 0.6) is 0 Å².